The van der Waals surface area contributed by atoms with Gasteiger partial charge >= 0.3 is 0 Å². The van der Waals surface area contributed by atoms with Gasteiger partial charge in [0.1, 0.15) is 0 Å². The number of carbonyl (C=O) groups is 1. The van der Waals surface area contributed by atoms with Crippen LogP contribution in [0.3, 0.4) is 0 Å². The molecule has 0 aliphatic rings. The number of nitrogens with two attached hydrogens (primary N) is 1. The molecule has 0 radical (unpaired) electrons. The number of anilines is 2. The lowest BCUT2D eigenvalue weighted by atomic mass is 9.96. The first-order valence-electron chi connectivity index (χ1n) is 6.25. The van der Waals surface area contributed by atoms with Crippen molar-refractivity contribution in [2.45, 2.75) is 20.8 Å². The number of hydrogen-bond donors (Lipinski definition) is 2. The quantitative estimate of drug-likeness (QED) is 0.784. The molecular formula is C14H22N2O2. The first kappa shape index (κ1) is 14.5. The van der Waals surface area contributed by atoms with Gasteiger partial charge in [0.05, 0.1) is 18.0 Å². The summed E-state index contributed by atoms with van der Waals surface area (Å²) in [6.07, 6.45) is 0. The number of nitrogens with zero attached hydrogens (tertiary/aromatic N) is 1. The second kappa shape index (κ2) is 6.40. The molecule has 0 aliphatic heterocycles. The number of amides is 1. The largest absolute Gasteiger partial charge is 0.397 e. The first-order chi connectivity index (χ1) is 8.49. The summed E-state index contributed by atoms with van der Waals surface area (Å²) in [5, 5.41) is 9.12. The summed E-state index contributed by atoms with van der Waals surface area (Å²) in [6, 6.07) is 7.22. The molecule has 4 heteroatoms. The van der Waals surface area contributed by atoms with Crippen LogP contribution in [-0.2, 0) is 4.79 Å². The molecule has 0 saturated heterocycles. The molecule has 1 unspecified atom stereocenters. The van der Waals surface area contributed by atoms with Crippen LogP contribution < -0.4 is 10.6 Å². The maximum Gasteiger partial charge on any atom is 0.230 e. The number of aliphatic hydroxyl groups excluding tert-OH is 1. The lowest BCUT2D eigenvalue weighted by molar-refractivity contribution is -0.123. The Kier molecular flexibility index (Phi) is 5.16. The number of rotatable bonds is 5. The van der Waals surface area contributed by atoms with Gasteiger partial charge in [-0.15, -0.1) is 0 Å². The molecule has 0 saturated carbocycles. The van der Waals surface area contributed by atoms with Gasteiger partial charge in [0.25, 0.3) is 0 Å². The van der Waals surface area contributed by atoms with Crippen LogP contribution in [0.1, 0.15) is 20.8 Å². The number of carbonyl (C=O) groups excluding carboxylic acids is 1. The highest BCUT2D eigenvalue weighted by molar-refractivity contribution is 5.97. The Morgan fingerprint density at radius 1 is 1.33 bits per heavy atom. The van der Waals surface area contributed by atoms with Crippen LogP contribution in [0, 0.1) is 11.8 Å². The zero-order valence-electron chi connectivity index (χ0n) is 11.3. The lowest BCUT2D eigenvalue weighted by Gasteiger charge is -2.27. The van der Waals surface area contributed by atoms with E-state index in [-0.39, 0.29) is 30.9 Å². The maximum atomic E-state index is 12.4. The van der Waals surface area contributed by atoms with E-state index in [0.29, 0.717) is 11.4 Å². The van der Waals surface area contributed by atoms with E-state index in [1.54, 1.807) is 17.0 Å². The molecule has 0 aliphatic carbocycles. The standard InChI is InChI=1S/C14H22N2O2/c1-10(2)11(3)14(18)16(8-9-17)13-7-5-4-6-12(13)15/h4-7,10-11,17H,8-9,15H2,1-3H3. The van der Waals surface area contributed by atoms with E-state index in [0.717, 1.165) is 0 Å². The van der Waals surface area contributed by atoms with Crippen molar-refractivity contribution in [3.63, 3.8) is 0 Å². The molecule has 0 bridgehead atoms. The normalized spacial score (nSPS) is 12.5. The molecule has 0 fully saturated rings. The molecule has 1 atom stereocenters. The van der Waals surface area contributed by atoms with Crippen molar-refractivity contribution < 1.29 is 9.90 Å². The van der Waals surface area contributed by atoms with Gasteiger partial charge in [-0.3, -0.25) is 4.79 Å². The lowest BCUT2D eigenvalue weighted by Crippen LogP contribution is -2.39. The monoisotopic (exact) mass is 250 g/mol. The molecule has 18 heavy (non-hydrogen) atoms. The minimum Gasteiger partial charge on any atom is -0.397 e. The molecule has 4 nitrogen and oxygen atoms in total. The highest BCUT2D eigenvalue weighted by Gasteiger charge is 2.24. The zero-order chi connectivity index (χ0) is 13.7. The summed E-state index contributed by atoms with van der Waals surface area (Å²) < 4.78 is 0. The van der Waals surface area contributed by atoms with Crippen molar-refractivity contribution in [1.82, 2.24) is 0 Å². The Balaban J connectivity index is 3.03. The third-order valence-corrected chi connectivity index (χ3v) is 3.21. The Hall–Kier alpha value is -1.55. The first-order valence-corrected chi connectivity index (χ1v) is 6.25. The van der Waals surface area contributed by atoms with Gasteiger partial charge in [-0.1, -0.05) is 32.9 Å². The van der Waals surface area contributed by atoms with Gasteiger partial charge < -0.3 is 15.7 Å². The maximum absolute atomic E-state index is 12.4. The van der Waals surface area contributed by atoms with Crippen LogP contribution in [0.4, 0.5) is 11.4 Å². The van der Waals surface area contributed by atoms with E-state index >= 15 is 0 Å². The van der Waals surface area contributed by atoms with Crippen molar-refractivity contribution in [3.05, 3.63) is 24.3 Å². The van der Waals surface area contributed by atoms with E-state index in [1.165, 1.54) is 0 Å². The van der Waals surface area contributed by atoms with Gasteiger partial charge in [0.15, 0.2) is 0 Å². The van der Waals surface area contributed by atoms with E-state index in [1.807, 2.05) is 32.9 Å². The summed E-state index contributed by atoms with van der Waals surface area (Å²) >= 11 is 0. The van der Waals surface area contributed by atoms with E-state index in [4.69, 9.17) is 10.8 Å². The summed E-state index contributed by atoms with van der Waals surface area (Å²) in [5.41, 5.74) is 7.11. The number of nitrogen functional groups attached to an aromatic ring is 1. The SMILES string of the molecule is CC(C)C(C)C(=O)N(CCO)c1ccccc1N. The van der Waals surface area contributed by atoms with Gasteiger partial charge in [0, 0.05) is 12.5 Å². The Morgan fingerprint density at radius 3 is 2.44 bits per heavy atom. The van der Waals surface area contributed by atoms with Gasteiger partial charge in [-0.2, -0.15) is 0 Å². The average Bonchev–Trinajstić information content (AvgIpc) is 2.35. The number of para-hydroxylation sites is 2. The third kappa shape index (κ3) is 3.23. The van der Waals surface area contributed by atoms with Crippen LogP contribution in [0.25, 0.3) is 0 Å². The van der Waals surface area contributed by atoms with Gasteiger partial charge in [0.2, 0.25) is 5.91 Å². The molecule has 1 aromatic rings. The van der Waals surface area contributed by atoms with Crippen LogP contribution >= 0.6 is 0 Å². The summed E-state index contributed by atoms with van der Waals surface area (Å²) in [4.78, 5) is 14.0. The fourth-order valence-electron chi connectivity index (χ4n) is 1.71. The number of hydrogen-bond acceptors (Lipinski definition) is 3. The van der Waals surface area contributed by atoms with Gasteiger partial charge in [-0.25, -0.2) is 0 Å². The minimum absolute atomic E-state index is 0.00282. The van der Waals surface area contributed by atoms with E-state index < -0.39 is 0 Å². The third-order valence-electron chi connectivity index (χ3n) is 3.21. The molecule has 100 valence electrons. The molecule has 1 aromatic carbocycles. The Bertz CT molecular complexity index is 405. The summed E-state index contributed by atoms with van der Waals surface area (Å²) in [7, 11) is 0. The predicted molar refractivity (Wildman–Crippen MR) is 74.3 cm³/mol. The summed E-state index contributed by atoms with van der Waals surface area (Å²) in [6.45, 7) is 6.10. The minimum atomic E-state index is -0.101. The zero-order valence-corrected chi connectivity index (χ0v) is 11.3. The second-order valence-electron chi connectivity index (χ2n) is 4.80. The molecule has 0 spiro atoms. The van der Waals surface area contributed by atoms with Crippen LogP contribution in [-0.4, -0.2) is 24.2 Å². The summed E-state index contributed by atoms with van der Waals surface area (Å²) in [5.74, 6) is 0.150. The number of aliphatic hydroxyl groups is 1. The topological polar surface area (TPSA) is 66.6 Å². The fourth-order valence-corrected chi connectivity index (χ4v) is 1.71. The van der Waals surface area contributed by atoms with Gasteiger partial charge in [-0.05, 0) is 18.1 Å². The molecule has 0 aromatic heterocycles. The smallest absolute Gasteiger partial charge is 0.230 e. The highest BCUT2D eigenvalue weighted by atomic mass is 16.3. The van der Waals surface area contributed by atoms with Crippen molar-refractivity contribution in [3.8, 4) is 0 Å². The molecular weight excluding hydrogens is 228 g/mol. The van der Waals surface area contributed by atoms with Crippen molar-refractivity contribution in [2.75, 3.05) is 23.8 Å². The molecule has 0 heterocycles. The molecule has 3 N–H and O–H groups in total. The van der Waals surface area contributed by atoms with E-state index in [2.05, 4.69) is 0 Å². The van der Waals surface area contributed by atoms with Crippen LogP contribution in [0.2, 0.25) is 0 Å². The Morgan fingerprint density at radius 2 is 1.94 bits per heavy atom. The van der Waals surface area contributed by atoms with Crippen molar-refractivity contribution in [1.29, 1.82) is 0 Å². The number of benzene rings is 1. The van der Waals surface area contributed by atoms with Crippen LogP contribution in [0.5, 0.6) is 0 Å². The molecule has 1 rings (SSSR count). The predicted octanol–water partition coefficient (Wildman–Crippen LogP) is 1.89. The Labute approximate surface area is 108 Å². The van der Waals surface area contributed by atoms with Crippen molar-refractivity contribution >= 4 is 17.3 Å². The highest BCUT2D eigenvalue weighted by Crippen LogP contribution is 2.25. The average molecular weight is 250 g/mol. The van der Waals surface area contributed by atoms with Crippen molar-refractivity contribution in [2.24, 2.45) is 11.8 Å². The second-order valence-corrected chi connectivity index (χ2v) is 4.80. The van der Waals surface area contributed by atoms with E-state index in [9.17, 15) is 4.79 Å². The van der Waals surface area contributed by atoms with Crippen LogP contribution in [0.15, 0.2) is 24.3 Å². The molecule has 1 amide bonds. The fraction of sp³-hybridized carbons (Fsp3) is 0.500.